The first kappa shape index (κ1) is 25.0. The Labute approximate surface area is 230 Å². The fourth-order valence-electron chi connectivity index (χ4n) is 5.03. The van der Waals surface area contributed by atoms with Gasteiger partial charge in [0.05, 0.1) is 23.3 Å². The van der Waals surface area contributed by atoms with E-state index in [2.05, 4.69) is 20.5 Å². The van der Waals surface area contributed by atoms with E-state index in [1.807, 2.05) is 86.9 Å². The highest BCUT2D eigenvalue weighted by molar-refractivity contribution is 6.01. The molecule has 4 aromatic heterocycles. The first-order valence-electron chi connectivity index (χ1n) is 12.9. The van der Waals surface area contributed by atoms with Crippen molar-refractivity contribution in [2.75, 3.05) is 0 Å². The molecule has 0 bridgehead atoms. The van der Waals surface area contributed by atoms with Gasteiger partial charge in [-0.2, -0.15) is 10.2 Å². The minimum absolute atomic E-state index is 0.167. The molecule has 4 heterocycles. The van der Waals surface area contributed by atoms with Crippen LogP contribution < -0.4 is 10.9 Å². The largest absolute Gasteiger partial charge is 0.344 e. The van der Waals surface area contributed by atoms with Crippen LogP contribution in [-0.2, 0) is 7.05 Å². The van der Waals surface area contributed by atoms with Crippen molar-refractivity contribution in [1.82, 2.24) is 34.3 Å². The Kier molecular flexibility index (Phi) is 6.31. The number of carbonyl (C=O) groups is 1. The lowest BCUT2D eigenvalue weighted by molar-refractivity contribution is 0.0939. The van der Waals surface area contributed by atoms with Gasteiger partial charge < -0.3 is 5.32 Å². The van der Waals surface area contributed by atoms with Crippen LogP contribution in [0.3, 0.4) is 0 Å². The lowest BCUT2D eigenvalue weighted by atomic mass is 10.0. The Hall–Kier alpha value is -5.31. The number of para-hydroxylation sites is 1. The predicted octanol–water partition coefficient (Wildman–Crippen LogP) is 4.74. The summed E-state index contributed by atoms with van der Waals surface area (Å²) in [6.07, 6.45) is 10.9. The number of nitrogens with one attached hydrogen (secondary N) is 1. The van der Waals surface area contributed by atoms with Crippen molar-refractivity contribution >= 4 is 34.5 Å². The van der Waals surface area contributed by atoms with Crippen LogP contribution in [0.15, 0.2) is 90.2 Å². The van der Waals surface area contributed by atoms with E-state index in [0.717, 1.165) is 16.5 Å². The molecule has 9 nitrogen and oxygen atoms in total. The lowest BCUT2D eigenvalue weighted by Gasteiger charge is -2.21. The number of fused-ring (bicyclic) bond motifs is 2. The van der Waals surface area contributed by atoms with Gasteiger partial charge in [-0.05, 0) is 49.1 Å². The molecule has 0 fully saturated rings. The van der Waals surface area contributed by atoms with Crippen molar-refractivity contribution in [2.24, 2.45) is 7.05 Å². The summed E-state index contributed by atoms with van der Waals surface area (Å²) < 4.78 is 5.00. The molecule has 0 aliphatic carbocycles. The molecule has 0 saturated carbocycles. The normalized spacial score (nSPS) is 12.4. The molecule has 9 heteroatoms. The molecule has 6 rings (SSSR count). The molecule has 1 amide bonds. The second-order valence-electron chi connectivity index (χ2n) is 9.68. The van der Waals surface area contributed by atoms with Crippen LogP contribution in [0.2, 0.25) is 0 Å². The van der Waals surface area contributed by atoms with Crippen LogP contribution in [0.25, 0.3) is 34.3 Å². The number of rotatable bonds is 6. The molecule has 0 spiro atoms. The van der Waals surface area contributed by atoms with Crippen molar-refractivity contribution in [3.63, 3.8) is 0 Å². The van der Waals surface area contributed by atoms with E-state index in [4.69, 9.17) is 0 Å². The SMILES string of the molecule is Cc1nn2cccnc2c1C(=O)N[C@H](C)c1cc2cccc(/C=C/c3cnn(C)c3)c2c(=O)n1-c1ccccc1. The summed E-state index contributed by atoms with van der Waals surface area (Å²) in [5, 5.41) is 13.1. The molecular weight excluding hydrogens is 502 g/mol. The van der Waals surface area contributed by atoms with Crippen molar-refractivity contribution in [2.45, 2.75) is 19.9 Å². The highest BCUT2D eigenvalue weighted by atomic mass is 16.2. The second kappa shape index (κ2) is 10.1. The van der Waals surface area contributed by atoms with Gasteiger partial charge in [0.15, 0.2) is 5.65 Å². The molecular formula is C31H27N7O2. The fourth-order valence-corrected chi connectivity index (χ4v) is 5.03. The van der Waals surface area contributed by atoms with Gasteiger partial charge in [-0.15, -0.1) is 0 Å². The van der Waals surface area contributed by atoms with Crippen molar-refractivity contribution in [3.8, 4) is 5.69 Å². The third kappa shape index (κ3) is 4.47. The number of nitrogens with zero attached hydrogens (tertiary/aromatic N) is 6. The van der Waals surface area contributed by atoms with Gasteiger partial charge in [0.25, 0.3) is 11.5 Å². The Balaban J connectivity index is 1.46. The van der Waals surface area contributed by atoms with E-state index in [1.165, 1.54) is 0 Å². The van der Waals surface area contributed by atoms with Gasteiger partial charge in [-0.1, -0.05) is 48.6 Å². The third-order valence-electron chi connectivity index (χ3n) is 6.89. The van der Waals surface area contributed by atoms with Crippen LogP contribution in [0.5, 0.6) is 0 Å². The van der Waals surface area contributed by atoms with Gasteiger partial charge in [0.1, 0.15) is 5.56 Å². The lowest BCUT2D eigenvalue weighted by Crippen LogP contribution is -2.32. The molecule has 0 saturated heterocycles. The first-order valence-corrected chi connectivity index (χ1v) is 12.9. The van der Waals surface area contributed by atoms with Gasteiger partial charge >= 0.3 is 0 Å². The van der Waals surface area contributed by atoms with Crippen molar-refractivity contribution in [1.29, 1.82) is 0 Å². The summed E-state index contributed by atoms with van der Waals surface area (Å²) in [5.74, 6) is -0.306. The molecule has 1 atom stereocenters. The summed E-state index contributed by atoms with van der Waals surface area (Å²) in [5.41, 5.74) is 4.41. The maximum Gasteiger partial charge on any atom is 0.263 e. The highest BCUT2D eigenvalue weighted by Gasteiger charge is 2.23. The zero-order chi connectivity index (χ0) is 27.8. The van der Waals surface area contributed by atoms with E-state index < -0.39 is 6.04 Å². The number of amides is 1. The van der Waals surface area contributed by atoms with E-state index in [0.29, 0.717) is 33.7 Å². The predicted molar refractivity (Wildman–Crippen MR) is 155 cm³/mol. The maximum absolute atomic E-state index is 14.2. The van der Waals surface area contributed by atoms with Crippen molar-refractivity contribution < 1.29 is 4.79 Å². The van der Waals surface area contributed by atoms with Crippen LogP contribution in [0.1, 0.15) is 45.8 Å². The van der Waals surface area contributed by atoms with E-state index in [-0.39, 0.29) is 11.5 Å². The summed E-state index contributed by atoms with van der Waals surface area (Å²) in [6, 6.07) is 18.5. The Morgan fingerprint density at radius 3 is 2.65 bits per heavy atom. The Bertz CT molecular complexity index is 1970. The highest BCUT2D eigenvalue weighted by Crippen LogP contribution is 2.25. The quantitative estimate of drug-likeness (QED) is 0.336. The fraction of sp³-hybridized carbons (Fsp3) is 0.129. The monoisotopic (exact) mass is 529 g/mol. The first-order chi connectivity index (χ1) is 19.4. The summed E-state index contributed by atoms with van der Waals surface area (Å²) in [4.78, 5) is 32.0. The zero-order valence-corrected chi connectivity index (χ0v) is 22.3. The molecule has 2 aromatic carbocycles. The maximum atomic E-state index is 14.2. The standard InChI is InChI=1S/C31H27N7O2/c1-20(34-30(39)27-21(2)35-37-16-8-15-32-29(27)37)26-17-24-10-7-9-23(14-13-22-18-33-36(3)19-22)28(24)31(40)38(26)25-11-5-4-6-12-25/h4-20H,1-3H3,(H,34,39)/b14-13+/t20-/m1/s1. The van der Waals surface area contributed by atoms with E-state index >= 15 is 0 Å². The zero-order valence-electron chi connectivity index (χ0n) is 22.3. The molecule has 40 heavy (non-hydrogen) atoms. The van der Waals surface area contributed by atoms with Crippen LogP contribution in [0, 0.1) is 6.92 Å². The number of pyridine rings is 1. The number of hydrogen-bond acceptors (Lipinski definition) is 5. The van der Waals surface area contributed by atoms with Gasteiger partial charge in [-0.3, -0.25) is 18.8 Å². The van der Waals surface area contributed by atoms with Gasteiger partial charge in [-0.25, -0.2) is 9.50 Å². The van der Waals surface area contributed by atoms with Crippen molar-refractivity contribution in [3.05, 3.63) is 124 Å². The summed E-state index contributed by atoms with van der Waals surface area (Å²) in [7, 11) is 1.86. The summed E-state index contributed by atoms with van der Waals surface area (Å²) in [6.45, 7) is 3.66. The summed E-state index contributed by atoms with van der Waals surface area (Å²) >= 11 is 0. The molecule has 0 unspecified atom stereocenters. The van der Waals surface area contributed by atoms with E-state index in [9.17, 15) is 9.59 Å². The molecule has 198 valence electrons. The van der Waals surface area contributed by atoms with Crippen LogP contribution in [0.4, 0.5) is 0 Å². The number of carbonyl (C=O) groups excluding carboxylic acids is 1. The number of aryl methyl sites for hydroxylation is 2. The minimum atomic E-state index is -0.502. The molecule has 1 N–H and O–H groups in total. The Morgan fingerprint density at radius 2 is 1.88 bits per heavy atom. The number of hydrogen-bond donors (Lipinski definition) is 1. The second-order valence-corrected chi connectivity index (χ2v) is 9.68. The average Bonchev–Trinajstić information content (AvgIpc) is 3.53. The molecule has 0 aliphatic rings. The van der Waals surface area contributed by atoms with Crippen LogP contribution >= 0.6 is 0 Å². The third-order valence-corrected chi connectivity index (χ3v) is 6.89. The molecule has 0 aliphatic heterocycles. The molecule has 6 aromatic rings. The number of benzene rings is 2. The molecule has 0 radical (unpaired) electrons. The minimum Gasteiger partial charge on any atom is -0.344 e. The van der Waals surface area contributed by atoms with E-state index in [1.54, 1.807) is 45.3 Å². The number of aromatic nitrogens is 6. The van der Waals surface area contributed by atoms with Crippen LogP contribution in [-0.4, -0.2) is 34.9 Å². The Morgan fingerprint density at radius 1 is 1.05 bits per heavy atom. The average molecular weight is 530 g/mol. The topological polar surface area (TPSA) is 99.1 Å². The smallest absolute Gasteiger partial charge is 0.263 e. The van der Waals surface area contributed by atoms with Gasteiger partial charge in [0, 0.05) is 42.6 Å². The van der Waals surface area contributed by atoms with Gasteiger partial charge in [0.2, 0.25) is 0 Å².